The Morgan fingerprint density at radius 2 is 1.32 bits per heavy atom. The van der Waals surface area contributed by atoms with Crippen molar-refractivity contribution >= 4 is 23.7 Å². The van der Waals surface area contributed by atoms with Gasteiger partial charge in [0.15, 0.2) is 5.78 Å². The lowest BCUT2D eigenvalue weighted by Crippen LogP contribution is -2.76. The first-order valence-corrected chi connectivity index (χ1v) is 21.5. The SMILES string of the molecule is CCCCCCCCCCCCN(C(=O)CCCCCCCCCCC)[C@]1(N)O[C@H](CO)[C@@H](O)[C@H](O)[C@H]1C(=O)[C@H](C)NC(=O)CNC(=O)OCc1ccccc1. The Bertz CT molecular complexity index is 1260. The molecular weight excluding hydrogens is 716 g/mol. The normalized spacial score (nSPS) is 21.3. The summed E-state index contributed by atoms with van der Waals surface area (Å²) in [6.45, 7) is 4.72. The number of aliphatic hydroxyl groups is 3. The third kappa shape index (κ3) is 17.6. The molecule has 1 aliphatic heterocycles. The van der Waals surface area contributed by atoms with Gasteiger partial charge in [0.25, 0.3) is 0 Å². The van der Waals surface area contributed by atoms with Crippen LogP contribution >= 0.6 is 0 Å². The number of carbonyl (C=O) groups is 4. The minimum atomic E-state index is -2.22. The molecule has 320 valence electrons. The predicted octanol–water partition coefficient (Wildman–Crippen LogP) is 6.00. The van der Waals surface area contributed by atoms with Crippen LogP contribution < -0.4 is 16.4 Å². The zero-order valence-corrected chi connectivity index (χ0v) is 34.6. The van der Waals surface area contributed by atoms with Crippen molar-refractivity contribution in [3.8, 4) is 0 Å². The van der Waals surface area contributed by atoms with Crippen LogP contribution in [0.5, 0.6) is 0 Å². The zero-order valence-electron chi connectivity index (χ0n) is 34.6. The highest BCUT2D eigenvalue weighted by molar-refractivity contribution is 5.93. The minimum absolute atomic E-state index is 0.00592. The average molecular weight is 791 g/mol. The molecule has 0 radical (unpaired) electrons. The standard InChI is InChI=1S/C43H74N4O9/c1-4-6-8-10-12-14-16-18-20-25-29-47(37(50)28-24-19-17-15-13-11-9-7-5-2)43(44)38(41(53)40(52)35(31-48)56-43)39(51)33(3)46-36(49)30-45-42(54)55-32-34-26-22-21-23-27-34/h21-23,26-27,33,35,38,40-41,48,52-53H,4-20,24-25,28-32,44H2,1-3H3,(H,45,54)(H,46,49)/t33-,35+,38+,40+,41+,43-/m0/s1. The Kier molecular flexibility index (Phi) is 24.8. The Morgan fingerprint density at radius 3 is 1.86 bits per heavy atom. The van der Waals surface area contributed by atoms with E-state index in [0.717, 1.165) is 56.9 Å². The van der Waals surface area contributed by atoms with Crippen LogP contribution in [0.4, 0.5) is 4.79 Å². The molecule has 1 aromatic rings. The molecule has 13 nitrogen and oxygen atoms in total. The molecule has 0 bridgehead atoms. The van der Waals surface area contributed by atoms with Gasteiger partial charge in [0.2, 0.25) is 17.7 Å². The van der Waals surface area contributed by atoms with Gasteiger partial charge >= 0.3 is 6.09 Å². The molecule has 1 aliphatic rings. The number of nitrogens with two attached hydrogens (primary N) is 1. The van der Waals surface area contributed by atoms with Gasteiger partial charge in [-0.15, -0.1) is 0 Å². The van der Waals surface area contributed by atoms with E-state index >= 15 is 0 Å². The highest BCUT2D eigenvalue weighted by Gasteiger charge is 2.59. The quantitative estimate of drug-likeness (QED) is 0.0397. The monoisotopic (exact) mass is 791 g/mol. The molecule has 0 aliphatic carbocycles. The van der Waals surface area contributed by atoms with Gasteiger partial charge in [-0.05, 0) is 25.3 Å². The van der Waals surface area contributed by atoms with E-state index in [0.29, 0.717) is 12.8 Å². The van der Waals surface area contributed by atoms with Gasteiger partial charge in [-0.3, -0.25) is 20.1 Å². The molecule has 2 rings (SSSR count). The summed E-state index contributed by atoms with van der Waals surface area (Å²) in [6, 6.07) is 7.76. The summed E-state index contributed by atoms with van der Waals surface area (Å²) in [7, 11) is 0. The van der Waals surface area contributed by atoms with Crippen molar-refractivity contribution in [1.29, 1.82) is 0 Å². The van der Waals surface area contributed by atoms with E-state index in [1.165, 1.54) is 69.6 Å². The van der Waals surface area contributed by atoms with Gasteiger partial charge in [-0.25, -0.2) is 4.79 Å². The highest BCUT2D eigenvalue weighted by Crippen LogP contribution is 2.36. The van der Waals surface area contributed by atoms with Crippen LogP contribution in [-0.4, -0.2) is 93.8 Å². The Morgan fingerprint density at radius 1 is 0.804 bits per heavy atom. The lowest BCUT2D eigenvalue weighted by Gasteiger charge is -2.53. The average Bonchev–Trinajstić information content (AvgIpc) is 3.19. The molecule has 0 aromatic heterocycles. The topological polar surface area (TPSA) is 201 Å². The van der Waals surface area contributed by atoms with E-state index in [-0.39, 0.29) is 25.5 Å². The maximum absolute atomic E-state index is 14.1. The second-order valence-electron chi connectivity index (χ2n) is 15.5. The van der Waals surface area contributed by atoms with Crippen molar-refractivity contribution in [3.05, 3.63) is 35.9 Å². The Hall–Kier alpha value is -3.10. The summed E-state index contributed by atoms with van der Waals surface area (Å²) in [6.07, 6.45) is 14.7. The lowest BCUT2D eigenvalue weighted by atomic mass is 9.80. The molecule has 0 saturated carbocycles. The molecule has 1 fully saturated rings. The molecule has 1 saturated heterocycles. The lowest BCUT2D eigenvalue weighted by molar-refractivity contribution is -0.291. The summed E-state index contributed by atoms with van der Waals surface area (Å²) < 4.78 is 11.2. The number of amides is 3. The molecule has 56 heavy (non-hydrogen) atoms. The summed E-state index contributed by atoms with van der Waals surface area (Å²) in [5.74, 6) is -5.74. The fourth-order valence-electron chi connectivity index (χ4n) is 7.33. The summed E-state index contributed by atoms with van der Waals surface area (Å²) in [5.41, 5.74) is 7.71. The van der Waals surface area contributed by atoms with Gasteiger partial charge in [-0.2, -0.15) is 0 Å². The maximum atomic E-state index is 14.1. The number of nitrogens with one attached hydrogen (secondary N) is 2. The third-order valence-electron chi connectivity index (χ3n) is 10.7. The van der Waals surface area contributed by atoms with Crippen molar-refractivity contribution in [3.63, 3.8) is 0 Å². The summed E-state index contributed by atoms with van der Waals surface area (Å²) in [5, 5.41) is 37.3. The smallest absolute Gasteiger partial charge is 0.407 e. The van der Waals surface area contributed by atoms with Crippen LogP contribution in [0.1, 0.15) is 155 Å². The van der Waals surface area contributed by atoms with Crippen LogP contribution in [0.2, 0.25) is 0 Å². The van der Waals surface area contributed by atoms with Gasteiger partial charge in [0.1, 0.15) is 31.3 Å². The van der Waals surface area contributed by atoms with Crippen molar-refractivity contribution < 1.29 is 44.0 Å². The van der Waals surface area contributed by atoms with Gasteiger partial charge in [-0.1, -0.05) is 153 Å². The number of hydrogen-bond donors (Lipinski definition) is 6. The first-order valence-electron chi connectivity index (χ1n) is 21.5. The van der Waals surface area contributed by atoms with Gasteiger partial charge in [0, 0.05) is 13.0 Å². The van der Waals surface area contributed by atoms with E-state index < -0.39 is 67.1 Å². The van der Waals surface area contributed by atoms with Crippen molar-refractivity contribution in [2.75, 3.05) is 19.7 Å². The number of benzene rings is 1. The third-order valence-corrected chi connectivity index (χ3v) is 10.7. The number of ether oxygens (including phenoxy) is 2. The van der Waals surface area contributed by atoms with Crippen molar-refractivity contribution in [1.82, 2.24) is 15.5 Å². The number of nitrogens with zero attached hydrogens (tertiary/aromatic N) is 1. The molecule has 3 amide bonds. The molecular formula is C43H74N4O9. The summed E-state index contributed by atoms with van der Waals surface area (Å²) >= 11 is 0. The largest absolute Gasteiger partial charge is 0.445 e. The van der Waals surface area contributed by atoms with E-state index in [1.54, 1.807) is 24.3 Å². The fraction of sp³-hybridized carbons (Fsp3) is 0.767. The number of hydrogen-bond acceptors (Lipinski definition) is 10. The van der Waals surface area contributed by atoms with Crippen molar-refractivity contribution in [2.45, 2.75) is 186 Å². The second-order valence-corrected chi connectivity index (χ2v) is 15.5. The molecule has 1 aromatic carbocycles. The predicted molar refractivity (Wildman–Crippen MR) is 217 cm³/mol. The van der Waals surface area contributed by atoms with Crippen molar-refractivity contribution in [2.24, 2.45) is 11.7 Å². The number of alkyl carbamates (subject to hydrolysis) is 1. The van der Waals surface area contributed by atoms with Crippen LogP contribution in [0.25, 0.3) is 0 Å². The number of aliphatic hydroxyl groups excluding tert-OH is 3. The van der Waals surface area contributed by atoms with Crippen LogP contribution in [0, 0.1) is 5.92 Å². The Balaban J connectivity index is 2.14. The molecule has 7 N–H and O–H groups in total. The maximum Gasteiger partial charge on any atom is 0.407 e. The van der Waals surface area contributed by atoms with Gasteiger partial charge < -0.3 is 40.3 Å². The molecule has 1 heterocycles. The first-order chi connectivity index (χ1) is 27.0. The number of ketones is 1. The van der Waals surface area contributed by atoms with E-state index in [1.807, 2.05) is 6.07 Å². The van der Waals surface area contributed by atoms with E-state index in [4.69, 9.17) is 15.2 Å². The molecule has 0 spiro atoms. The number of carbonyl (C=O) groups excluding carboxylic acids is 4. The Labute approximate surface area is 335 Å². The molecule has 6 atom stereocenters. The number of unbranched alkanes of at least 4 members (excludes halogenated alkanes) is 17. The van der Waals surface area contributed by atoms with E-state index in [2.05, 4.69) is 24.5 Å². The molecule has 13 heteroatoms. The molecule has 0 unspecified atom stereocenters. The zero-order chi connectivity index (χ0) is 41.2. The summed E-state index contributed by atoms with van der Waals surface area (Å²) in [4.78, 5) is 54.5. The number of rotatable bonds is 30. The second kappa shape index (κ2) is 28.3. The highest BCUT2D eigenvalue weighted by atomic mass is 16.6. The van der Waals surface area contributed by atoms with E-state index in [9.17, 15) is 34.5 Å². The van der Waals surface area contributed by atoms with Crippen LogP contribution in [0.15, 0.2) is 30.3 Å². The minimum Gasteiger partial charge on any atom is -0.445 e. The fourth-order valence-corrected chi connectivity index (χ4v) is 7.33. The van der Waals surface area contributed by atoms with Crippen LogP contribution in [-0.2, 0) is 30.5 Å². The van der Waals surface area contributed by atoms with Crippen LogP contribution in [0.3, 0.4) is 0 Å². The van der Waals surface area contributed by atoms with Gasteiger partial charge in [0.05, 0.1) is 18.8 Å². The first kappa shape index (κ1) is 49.0. The number of Topliss-reactive ketones (excluding diaryl/α,β-unsaturated/α-hetero) is 1.